The van der Waals surface area contributed by atoms with Gasteiger partial charge < -0.3 is 19.9 Å². The highest BCUT2D eigenvalue weighted by atomic mass is 16.5. The minimum Gasteiger partial charge on any atom is -0.378 e. The van der Waals surface area contributed by atoms with Crippen molar-refractivity contribution in [2.75, 3.05) is 44.7 Å². The molecule has 2 fully saturated rings. The Hall–Kier alpha value is -2.08. The Morgan fingerprint density at radius 1 is 0.833 bits per heavy atom. The first-order valence-corrected chi connectivity index (χ1v) is 8.77. The Balaban J connectivity index is 1.58. The monoisotopic (exact) mass is 331 g/mol. The second kappa shape index (κ2) is 8.15. The van der Waals surface area contributed by atoms with Crippen molar-refractivity contribution < 1.29 is 14.3 Å². The number of urea groups is 1. The van der Waals surface area contributed by atoms with Crippen LogP contribution in [0.1, 0.15) is 36.0 Å². The van der Waals surface area contributed by atoms with Crippen molar-refractivity contribution in [1.29, 1.82) is 0 Å². The van der Waals surface area contributed by atoms with Crippen LogP contribution in [0.15, 0.2) is 24.3 Å². The average molecular weight is 331 g/mol. The van der Waals surface area contributed by atoms with Gasteiger partial charge in [-0.15, -0.1) is 0 Å². The van der Waals surface area contributed by atoms with E-state index in [0.29, 0.717) is 37.6 Å². The lowest BCUT2D eigenvalue weighted by Gasteiger charge is -2.27. The van der Waals surface area contributed by atoms with E-state index >= 15 is 0 Å². The number of nitrogens with zero attached hydrogens (tertiary/aromatic N) is 2. The molecule has 24 heavy (non-hydrogen) atoms. The first-order valence-electron chi connectivity index (χ1n) is 8.77. The summed E-state index contributed by atoms with van der Waals surface area (Å²) in [6.07, 6.45) is 4.57. The molecule has 130 valence electrons. The molecule has 6 heteroatoms. The molecule has 3 rings (SSSR count). The molecule has 0 saturated carbocycles. The number of hydrogen-bond acceptors (Lipinski definition) is 3. The molecule has 1 aromatic carbocycles. The summed E-state index contributed by atoms with van der Waals surface area (Å²) in [4.78, 5) is 28.4. The van der Waals surface area contributed by atoms with Crippen molar-refractivity contribution in [3.8, 4) is 0 Å². The lowest BCUT2D eigenvalue weighted by molar-refractivity contribution is 0.0564. The van der Waals surface area contributed by atoms with E-state index in [2.05, 4.69) is 5.32 Å². The Kier molecular flexibility index (Phi) is 5.69. The van der Waals surface area contributed by atoms with Gasteiger partial charge in [0.25, 0.3) is 5.91 Å². The predicted octanol–water partition coefficient (Wildman–Crippen LogP) is 2.57. The number of benzene rings is 1. The molecular formula is C18H25N3O3. The number of carbonyl (C=O) groups is 2. The van der Waals surface area contributed by atoms with Crippen LogP contribution in [0, 0.1) is 0 Å². The van der Waals surface area contributed by atoms with Crippen molar-refractivity contribution in [2.45, 2.75) is 25.7 Å². The maximum atomic E-state index is 12.5. The Bertz CT molecular complexity index is 559. The van der Waals surface area contributed by atoms with Crippen LogP contribution in [-0.4, -0.2) is 61.1 Å². The van der Waals surface area contributed by atoms with E-state index in [4.69, 9.17) is 4.74 Å². The molecule has 2 aliphatic heterocycles. The number of nitrogens with one attached hydrogen (secondary N) is 1. The minimum absolute atomic E-state index is 0.0861. The molecule has 2 heterocycles. The fourth-order valence-corrected chi connectivity index (χ4v) is 3.12. The maximum absolute atomic E-state index is 12.5. The van der Waals surface area contributed by atoms with E-state index in [9.17, 15) is 9.59 Å². The van der Waals surface area contributed by atoms with Crippen LogP contribution in [0.25, 0.3) is 0 Å². The van der Waals surface area contributed by atoms with Crippen molar-refractivity contribution in [3.05, 3.63) is 29.8 Å². The van der Waals surface area contributed by atoms with Crippen LogP contribution < -0.4 is 5.32 Å². The average Bonchev–Trinajstić information content (AvgIpc) is 2.92. The summed E-state index contributed by atoms with van der Waals surface area (Å²) in [5.74, 6) is 0.0861. The van der Waals surface area contributed by atoms with E-state index in [0.717, 1.165) is 25.9 Å². The summed E-state index contributed by atoms with van der Waals surface area (Å²) in [5, 5.41) is 2.87. The molecule has 0 aromatic heterocycles. The van der Waals surface area contributed by atoms with E-state index in [1.54, 1.807) is 29.2 Å². The topological polar surface area (TPSA) is 61.9 Å². The Morgan fingerprint density at radius 3 is 2.08 bits per heavy atom. The molecule has 1 N–H and O–H groups in total. The largest absolute Gasteiger partial charge is 0.378 e. The summed E-state index contributed by atoms with van der Waals surface area (Å²) < 4.78 is 5.24. The van der Waals surface area contributed by atoms with Crippen molar-refractivity contribution >= 4 is 17.6 Å². The molecule has 0 bridgehead atoms. The van der Waals surface area contributed by atoms with Crippen molar-refractivity contribution in [2.24, 2.45) is 0 Å². The molecule has 0 unspecified atom stereocenters. The number of likely N-dealkylation sites (tertiary alicyclic amines) is 1. The van der Waals surface area contributed by atoms with E-state index in [-0.39, 0.29) is 11.9 Å². The first-order chi connectivity index (χ1) is 11.7. The van der Waals surface area contributed by atoms with Gasteiger partial charge in [0, 0.05) is 37.4 Å². The van der Waals surface area contributed by atoms with Crippen LogP contribution >= 0.6 is 0 Å². The standard InChI is InChI=1S/C18H25N3O3/c22-17(20-9-3-1-2-4-10-20)15-5-7-16(8-6-15)19-18(23)21-11-13-24-14-12-21/h5-8H,1-4,9-14H2,(H,19,23). The summed E-state index contributed by atoms with van der Waals surface area (Å²) >= 11 is 0. The number of rotatable bonds is 2. The highest BCUT2D eigenvalue weighted by Crippen LogP contribution is 2.16. The third-order valence-corrected chi connectivity index (χ3v) is 4.57. The molecule has 6 nitrogen and oxygen atoms in total. The highest BCUT2D eigenvalue weighted by Gasteiger charge is 2.18. The van der Waals surface area contributed by atoms with Gasteiger partial charge in [-0.1, -0.05) is 12.8 Å². The lowest BCUT2D eigenvalue weighted by atomic mass is 10.1. The molecule has 1 aromatic rings. The second-order valence-corrected chi connectivity index (χ2v) is 6.31. The van der Waals surface area contributed by atoms with Gasteiger partial charge in [-0.3, -0.25) is 4.79 Å². The van der Waals surface area contributed by atoms with Gasteiger partial charge in [0.05, 0.1) is 13.2 Å². The lowest BCUT2D eigenvalue weighted by Crippen LogP contribution is -2.43. The minimum atomic E-state index is -0.120. The van der Waals surface area contributed by atoms with Crippen LogP contribution in [0.3, 0.4) is 0 Å². The third-order valence-electron chi connectivity index (χ3n) is 4.57. The van der Waals surface area contributed by atoms with Crippen LogP contribution in [0.4, 0.5) is 10.5 Å². The van der Waals surface area contributed by atoms with Crippen molar-refractivity contribution in [1.82, 2.24) is 9.80 Å². The number of anilines is 1. The fraction of sp³-hybridized carbons (Fsp3) is 0.556. The normalized spacial score (nSPS) is 18.8. The number of ether oxygens (including phenoxy) is 1. The molecule has 0 radical (unpaired) electrons. The summed E-state index contributed by atoms with van der Waals surface area (Å²) in [5.41, 5.74) is 1.39. The smallest absolute Gasteiger partial charge is 0.321 e. The quantitative estimate of drug-likeness (QED) is 0.906. The van der Waals surface area contributed by atoms with Crippen molar-refractivity contribution in [3.63, 3.8) is 0 Å². The Labute approximate surface area is 142 Å². The van der Waals surface area contributed by atoms with E-state index < -0.39 is 0 Å². The summed E-state index contributed by atoms with van der Waals surface area (Å²) in [6.45, 7) is 4.06. The molecule has 2 aliphatic rings. The van der Waals surface area contributed by atoms with Crippen LogP contribution in [-0.2, 0) is 4.74 Å². The Morgan fingerprint density at radius 2 is 1.46 bits per heavy atom. The van der Waals surface area contributed by atoms with Gasteiger partial charge in [-0.05, 0) is 37.1 Å². The van der Waals surface area contributed by atoms with Gasteiger partial charge in [0.1, 0.15) is 0 Å². The molecule has 0 aliphatic carbocycles. The molecule has 0 atom stereocenters. The zero-order chi connectivity index (χ0) is 16.8. The highest BCUT2D eigenvalue weighted by molar-refractivity contribution is 5.95. The first kappa shape index (κ1) is 16.8. The van der Waals surface area contributed by atoms with E-state index in [1.807, 2.05) is 4.90 Å². The maximum Gasteiger partial charge on any atom is 0.321 e. The molecule has 2 saturated heterocycles. The number of morpholine rings is 1. The van der Waals surface area contributed by atoms with Crippen LogP contribution in [0.5, 0.6) is 0 Å². The van der Waals surface area contributed by atoms with Gasteiger partial charge in [0.2, 0.25) is 0 Å². The van der Waals surface area contributed by atoms with Gasteiger partial charge >= 0.3 is 6.03 Å². The zero-order valence-electron chi connectivity index (χ0n) is 14.0. The summed E-state index contributed by atoms with van der Waals surface area (Å²) in [7, 11) is 0. The molecular weight excluding hydrogens is 306 g/mol. The second-order valence-electron chi connectivity index (χ2n) is 6.31. The molecule has 3 amide bonds. The number of carbonyl (C=O) groups excluding carboxylic acids is 2. The number of amides is 3. The zero-order valence-corrected chi connectivity index (χ0v) is 14.0. The SMILES string of the molecule is O=C(Nc1ccc(C(=O)N2CCCCCC2)cc1)N1CCOCC1. The number of hydrogen-bond donors (Lipinski definition) is 1. The van der Waals surface area contributed by atoms with Gasteiger partial charge in [-0.25, -0.2) is 4.79 Å². The predicted molar refractivity (Wildman–Crippen MR) is 92.2 cm³/mol. The van der Waals surface area contributed by atoms with Gasteiger partial charge in [0.15, 0.2) is 0 Å². The molecule has 0 spiro atoms. The fourth-order valence-electron chi connectivity index (χ4n) is 3.12. The third kappa shape index (κ3) is 4.26. The summed E-state index contributed by atoms with van der Waals surface area (Å²) in [6, 6.07) is 7.06. The van der Waals surface area contributed by atoms with Crippen LogP contribution in [0.2, 0.25) is 0 Å². The van der Waals surface area contributed by atoms with E-state index in [1.165, 1.54) is 12.8 Å². The van der Waals surface area contributed by atoms with Gasteiger partial charge in [-0.2, -0.15) is 0 Å².